The fraction of sp³-hybridized carbons (Fsp3) is 0.833. The van der Waals surface area contributed by atoms with Crippen molar-refractivity contribution in [1.29, 1.82) is 0 Å². The Morgan fingerprint density at radius 2 is 1.89 bits per heavy atom. The van der Waals surface area contributed by atoms with Crippen molar-refractivity contribution in [2.24, 2.45) is 5.92 Å². The molecule has 1 atom stereocenters. The highest BCUT2D eigenvalue weighted by molar-refractivity contribution is 7.91. The van der Waals surface area contributed by atoms with Gasteiger partial charge in [-0.15, -0.1) is 0 Å². The molecule has 0 aromatic rings. The molecular weight excluding hydrogens is 270 g/mol. The molecule has 1 rings (SSSR count). The van der Waals surface area contributed by atoms with Crippen molar-refractivity contribution in [3.05, 3.63) is 0 Å². The second-order valence-corrected chi connectivity index (χ2v) is 7.14. The summed E-state index contributed by atoms with van der Waals surface area (Å²) in [6.45, 7) is 3.91. The summed E-state index contributed by atoms with van der Waals surface area (Å²) >= 11 is 0. The van der Waals surface area contributed by atoms with Crippen LogP contribution >= 0.6 is 0 Å². The SMILES string of the molecule is CCC(CC)C(=O)N1CCS(=O)(=O)CC1CC(=O)O. The van der Waals surface area contributed by atoms with Gasteiger partial charge in [0.05, 0.1) is 24.0 Å². The predicted molar refractivity (Wildman–Crippen MR) is 70.5 cm³/mol. The zero-order valence-electron chi connectivity index (χ0n) is 11.3. The molecule has 0 spiro atoms. The van der Waals surface area contributed by atoms with E-state index in [0.29, 0.717) is 12.8 Å². The third kappa shape index (κ3) is 4.19. The zero-order chi connectivity index (χ0) is 14.6. The average molecular weight is 291 g/mol. The van der Waals surface area contributed by atoms with E-state index < -0.39 is 21.8 Å². The molecule has 1 aliphatic rings. The van der Waals surface area contributed by atoms with Crippen molar-refractivity contribution in [3.63, 3.8) is 0 Å². The van der Waals surface area contributed by atoms with E-state index >= 15 is 0 Å². The molecule has 0 saturated carbocycles. The summed E-state index contributed by atoms with van der Waals surface area (Å²) in [5.41, 5.74) is 0. The molecule has 7 heteroatoms. The Bertz CT molecular complexity index is 441. The van der Waals surface area contributed by atoms with Gasteiger partial charge in [0.1, 0.15) is 0 Å². The van der Waals surface area contributed by atoms with Gasteiger partial charge < -0.3 is 10.0 Å². The molecule has 0 aliphatic carbocycles. The second kappa shape index (κ2) is 6.36. The summed E-state index contributed by atoms with van der Waals surface area (Å²) < 4.78 is 23.2. The molecule has 1 aliphatic heterocycles. The minimum Gasteiger partial charge on any atom is -0.481 e. The second-order valence-electron chi connectivity index (χ2n) is 4.91. The molecule has 1 saturated heterocycles. The molecule has 1 N–H and O–H groups in total. The first-order valence-corrected chi connectivity index (χ1v) is 8.35. The number of sulfone groups is 1. The summed E-state index contributed by atoms with van der Waals surface area (Å²) in [6, 6.07) is -0.732. The minimum absolute atomic E-state index is 0.0744. The van der Waals surface area contributed by atoms with Crippen LogP contribution in [-0.4, -0.2) is 54.4 Å². The van der Waals surface area contributed by atoms with E-state index in [4.69, 9.17) is 5.11 Å². The van der Waals surface area contributed by atoms with Gasteiger partial charge >= 0.3 is 5.97 Å². The van der Waals surface area contributed by atoms with Gasteiger partial charge in [-0.2, -0.15) is 0 Å². The maximum absolute atomic E-state index is 12.3. The molecule has 1 fully saturated rings. The van der Waals surface area contributed by atoms with Crippen LogP contribution in [0.15, 0.2) is 0 Å². The number of carboxylic acid groups (broad SMARTS) is 1. The Morgan fingerprint density at radius 3 is 2.37 bits per heavy atom. The van der Waals surface area contributed by atoms with Gasteiger partial charge in [-0.05, 0) is 12.8 Å². The van der Waals surface area contributed by atoms with E-state index in [1.807, 2.05) is 13.8 Å². The van der Waals surface area contributed by atoms with Gasteiger partial charge in [0, 0.05) is 12.5 Å². The lowest BCUT2D eigenvalue weighted by Gasteiger charge is -2.36. The number of amides is 1. The van der Waals surface area contributed by atoms with E-state index in [9.17, 15) is 18.0 Å². The number of carboxylic acids is 1. The number of carbonyl (C=O) groups excluding carboxylic acids is 1. The lowest BCUT2D eigenvalue weighted by atomic mass is 10.0. The van der Waals surface area contributed by atoms with Crippen LogP contribution in [0, 0.1) is 5.92 Å². The molecule has 6 nitrogen and oxygen atoms in total. The molecule has 0 bridgehead atoms. The number of nitrogens with zero attached hydrogens (tertiary/aromatic N) is 1. The van der Waals surface area contributed by atoms with E-state index in [1.165, 1.54) is 4.90 Å². The molecule has 0 aromatic heterocycles. The summed E-state index contributed by atoms with van der Waals surface area (Å²) in [5, 5.41) is 8.86. The monoisotopic (exact) mass is 291 g/mol. The van der Waals surface area contributed by atoms with E-state index in [2.05, 4.69) is 0 Å². The van der Waals surface area contributed by atoms with Gasteiger partial charge in [-0.1, -0.05) is 13.8 Å². The number of hydrogen-bond donors (Lipinski definition) is 1. The summed E-state index contributed by atoms with van der Waals surface area (Å²) in [6.07, 6.45) is 1.04. The Labute approximate surface area is 113 Å². The molecule has 1 amide bonds. The van der Waals surface area contributed by atoms with Crippen molar-refractivity contribution < 1.29 is 23.1 Å². The standard InChI is InChI=1S/C12H21NO5S/c1-3-9(4-2)12(16)13-5-6-19(17,18)8-10(13)7-11(14)15/h9-10H,3-8H2,1-2H3,(H,14,15). The van der Waals surface area contributed by atoms with Crippen molar-refractivity contribution in [1.82, 2.24) is 4.90 Å². The molecule has 110 valence electrons. The zero-order valence-corrected chi connectivity index (χ0v) is 12.1. The van der Waals surface area contributed by atoms with Crippen LogP contribution in [0.5, 0.6) is 0 Å². The van der Waals surface area contributed by atoms with Crippen molar-refractivity contribution in [3.8, 4) is 0 Å². The molecule has 0 aromatic carbocycles. The summed E-state index contributed by atoms with van der Waals surface area (Å²) in [4.78, 5) is 24.6. The topological polar surface area (TPSA) is 91.8 Å². The van der Waals surface area contributed by atoms with Gasteiger partial charge in [0.25, 0.3) is 0 Å². The van der Waals surface area contributed by atoms with Crippen LogP contribution in [0.3, 0.4) is 0 Å². The van der Waals surface area contributed by atoms with E-state index in [1.54, 1.807) is 0 Å². The van der Waals surface area contributed by atoms with Crippen molar-refractivity contribution in [2.45, 2.75) is 39.2 Å². The lowest BCUT2D eigenvalue weighted by molar-refractivity contribution is -0.142. The van der Waals surface area contributed by atoms with Crippen LogP contribution < -0.4 is 0 Å². The fourth-order valence-corrected chi connectivity index (χ4v) is 3.95. The summed E-state index contributed by atoms with van der Waals surface area (Å²) in [5.74, 6) is -1.67. The Morgan fingerprint density at radius 1 is 1.32 bits per heavy atom. The normalized spacial score (nSPS) is 22.5. The molecule has 0 radical (unpaired) electrons. The van der Waals surface area contributed by atoms with Gasteiger partial charge in [-0.3, -0.25) is 9.59 Å². The number of rotatable bonds is 5. The number of hydrogen-bond acceptors (Lipinski definition) is 4. The molecule has 19 heavy (non-hydrogen) atoms. The Balaban J connectivity index is 2.90. The predicted octanol–water partition coefficient (Wildman–Crippen LogP) is 0.523. The minimum atomic E-state index is -3.24. The van der Waals surface area contributed by atoms with Crippen molar-refractivity contribution in [2.75, 3.05) is 18.1 Å². The van der Waals surface area contributed by atoms with Gasteiger partial charge in [0.2, 0.25) is 5.91 Å². The van der Waals surface area contributed by atoms with Crippen LogP contribution in [0.4, 0.5) is 0 Å². The first-order valence-electron chi connectivity index (χ1n) is 6.53. The Hall–Kier alpha value is -1.11. The van der Waals surface area contributed by atoms with Gasteiger partial charge in [-0.25, -0.2) is 8.42 Å². The number of aliphatic carboxylic acids is 1. The smallest absolute Gasteiger partial charge is 0.305 e. The maximum Gasteiger partial charge on any atom is 0.305 e. The van der Waals surface area contributed by atoms with Crippen molar-refractivity contribution >= 4 is 21.7 Å². The third-order valence-corrected chi connectivity index (χ3v) is 5.26. The highest BCUT2D eigenvalue weighted by Gasteiger charge is 2.36. The average Bonchev–Trinajstić information content (AvgIpc) is 2.28. The largest absolute Gasteiger partial charge is 0.481 e. The highest BCUT2D eigenvalue weighted by Crippen LogP contribution is 2.20. The van der Waals surface area contributed by atoms with Crippen LogP contribution in [0.1, 0.15) is 33.1 Å². The van der Waals surface area contributed by atoms with E-state index in [-0.39, 0.29) is 36.3 Å². The molecule has 1 unspecified atom stereocenters. The molecule has 1 heterocycles. The first-order chi connectivity index (χ1) is 8.80. The van der Waals surface area contributed by atoms with Crippen LogP contribution in [-0.2, 0) is 19.4 Å². The summed E-state index contributed by atoms with van der Waals surface area (Å²) in [7, 11) is -3.24. The lowest BCUT2D eigenvalue weighted by Crippen LogP contribution is -2.53. The fourth-order valence-electron chi connectivity index (χ4n) is 2.42. The quantitative estimate of drug-likeness (QED) is 0.797. The van der Waals surface area contributed by atoms with Gasteiger partial charge in [0.15, 0.2) is 9.84 Å². The van der Waals surface area contributed by atoms with E-state index in [0.717, 1.165) is 0 Å². The van der Waals surface area contributed by atoms with Crippen LogP contribution in [0.25, 0.3) is 0 Å². The highest BCUT2D eigenvalue weighted by atomic mass is 32.2. The number of carbonyl (C=O) groups is 2. The third-order valence-electron chi connectivity index (χ3n) is 3.56. The maximum atomic E-state index is 12.3. The van der Waals surface area contributed by atoms with Crippen LogP contribution in [0.2, 0.25) is 0 Å². The first kappa shape index (κ1) is 15.9. The Kier molecular flexibility index (Phi) is 5.34. The molecular formula is C12H21NO5S.